The number of carboxylic acids is 1. The van der Waals surface area contributed by atoms with Gasteiger partial charge in [0.2, 0.25) is 0 Å². The van der Waals surface area contributed by atoms with Crippen LogP contribution in [0.15, 0.2) is 91.0 Å². The molecule has 0 aliphatic rings. The summed E-state index contributed by atoms with van der Waals surface area (Å²) in [5.41, 5.74) is 1.51. The number of aliphatic carboxylic acids is 1. The van der Waals surface area contributed by atoms with Crippen molar-refractivity contribution in [3.05, 3.63) is 118 Å². The van der Waals surface area contributed by atoms with Gasteiger partial charge in [0.1, 0.15) is 0 Å². The first-order valence-electron chi connectivity index (χ1n) is 10.6. The van der Waals surface area contributed by atoms with E-state index in [0.29, 0.717) is 16.5 Å². The van der Waals surface area contributed by atoms with E-state index in [1.165, 1.54) is 6.08 Å². The predicted molar refractivity (Wildman–Crippen MR) is 136 cm³/mol. The van der Waals surface area contributed by atoms with Gasteiger partial charge in [0.25, 0.3) is 0 Å². The van der Waals surface area contributed by atoms with Crippen molar-refractivity contribution in [2.45, 2.75) is 24.7 Å². The quantitative estimate of drug-likeness (QED) is 0.307. The Hall–Kier alpha value is -3.14. The van der Waals surface area contributed by atoms with Crippen molar-refractivity contribution >= 4 is 47.1 Å². The van der Waals surface area contributed by atoms with E-state index in [4.69, 9.17) is 23.2 Å². The number of carbonyl (C=O) groups is 2. The SMILES string of the molecule is O=C(O)CCC(CC=Cc1cccc(Cl)c1)(C(=O)C=Cc1ccc(Cl)cc1)c1ccccc1. The predicted octanol–water partition coefficient (Wildman–Crippen LogP) is 7.48. The molecular weight excluding hydrogens is 455 g/mol. The first kappa shape index (κ1) is 24.5. The van der Waals surface area contributed by atoms with Crippen LogP contribution in [0.3, 0.4) is 0 Å². The minimum absolute atomic E-state index is 0.125. The second kappa shape index (κ2) is 11.6. The molecule has 0 aliphatic carbocycles. The molecule has 0 radical (unpaired) electrons. The lowest BCUT2D eigenvalue weighted by Crippen LogP contribution is -2.35. The van der Waals surface area contributed by atoms with Gasteiger partial charge < -0.3 is 5.11 Å². The Kier molecular flexibility index (Phi) is 8.65. The second-order valence-corrected chi connectivity index (χ2v) is 8.63. The minimum Gasteiger partial charge on any atom is -0.481 e. The van der Waals surface area contributed by atoms with Crippen LogP contribution in [0.5, 0.6) is 0 Å². The first-order valence-corrected chi connectivity index (χ1v) is 11.3. The lowest BCUT2D eigenvalue weighted by atomic mass is 9.70. The number of ketones is 1. The number of halogens is 2. The average Bonchev–Trinajstić information content (AvgIpc) is 2.81. The molecule has 1 atom stereocenters. The minimum atomic E-state index is -1.02. The zero-order valence-corrected chi connectivity index (χ0v) is 19.5. The van der Waals surface area contributed by atoms with E-state index in [2.05, 4.69) is 0 Å². The molecule has 0 saturated heterocycles. The fourth-order valence-corrected chi connectivity index (χ4v) is 4.04. The molecule has 5 heteroatoms. The van der Waals surface area contributed by atoms with Crippen LogP contribution in [0.1, 0.15) is 36.0 Å². The maximum atomic E-state index is 13.7. The molecule has 1 N–H and O–H groups in total. The van der Waals surface area contributed by atoms with Crippen molar-refractivity contribution in [2.24, 2.45) is 0 Å². The van der Waals surface area contributed by atoms with Gasteiger partial charge in [-0.15, -0.1) is 0 Å². The van der Waals surface area contributed by atoms with Gasteiger partial charge in [-0.2, -0.15) is 0 Å². The molecule has 0 heterocycles. The summed E-state index contributed by atoms with van der Waals surface area (Å²) in [6.45, 7) is 0. The lowest BCUT2D eigenvalue weighted by molar-refractivity contribution is -0.137. The third-order valence-corrected chi connectivity index (χ3v) is 5.97. The van der Waals surface area contributed by atoms with Crippen molar-refractivity contribution in [1.82, 2.24) is 0 Å². The highest BCUT2D eigenvalue weighted by Gasteiger charge is 2.37. The van der Waals surface area contributed by atoms with Crippen molar-refractivity contribution < 1.29 is 14.7 Å². The molecule has 3 rings (SSSR count). The summed E-state index contributed by atoms with van der Waals surface area (Å²) < 4.78 is 0. The van der Waals surface area contributed by atoms with E-state index in [9.17, 15) is 14.7 Å². The third-order valence-electron chi connectivity index (χ3n) is 5.49. The van der Waals surface area contributed by atoms with Crippen LogP contribution in [0.2, 0.25) is 10.0 Å². The normalized spacial score (nSPS) is 13.3. The summed E-state index contributed by atoms with van der Waals surface area (Å²) in [5, 5.41) is 10.6. The topological polar surface area (TPSA) is 54.4 Å². The smallest absolute Gasteiger partial charge is 0.303 e. The van der Waals surface area contributed by atoms with E-state index >= 15 is 0 Å². The van der Waals surface area contributed by atoms with Crippen molar-refractivity contribution in [1.29, 1.82) is 0 Å². The van der Waals surface area contributed by atoms with Gasteiger partial charge in [0.15, 0.2) is 5.78 Å². The summed E-state index contributed by atoms with van der Waals surface area (Å²) in [7, 11) is 0. The molecule has 0 bridgehead atoms. The summed E-state index contributed by atoms with van der Waals surface area (Å²) in [6, 6.07) is 23.9. The molecule has 0 fully saturated rings. The molecule has 3 nitrogen and oxygen atoms in total. The summed E-state index contributed by atoms with van der Waals surface area (Å²) in [4.78, 5) is 25.1. The maximum absolute atomic E-state index is 13.7. The van der Waals surface area contributed by atoms with E-state index < -0.39 is 11.4 Å². The van der Waals surface area contributed by atoms with Gasteiger partial charge in [-0.05, 0) is 59.9 Å². The van der Waals surface area contributed by atoms with Gasteiger partial charge in [-0.1, -0.05) is 96.0 Å². The first-order chi connectivity index (χ1) is 15.9. The Morgan fingerprint density at radius 3 is 2.21 bits per heavy atom. The number of hydrogen-bond donors (Lipinski definition) is 1. The molecule has 0 aromatic heterocycles. The molecule has 1 unspecified atom stereocenters. The van der Waals surface area contributed by atoms with Gasteiger partial charge >= 0.3 is 5.97 Å². The molecule has 168 valence electrons. The highest BCUT2D eigenvalue weighted by atomic mass is 35.5. The lowest BCUT2D eigenvalue weighted by Gasteiger charge is -2.31. The molecule has 33 heavy (non-hydrogen) atoms. The molecule has 0 aliphatic heterocycles. The van der Waals surface area contributed by atoms with Crippen molar-refractivity contribution in [3.8, 4) is 0 Å². The second-order valence-electron chi connectivity index (χ2n) is 7.75. The van der Waals surface area contributed by atoms with Crippen LogP contribution in [0.4, 0.5) is 0 Å². The van der Waals surface area contributed by atoms with Crippen LogP contribution < -0.4 is 0 Å². The van der Waals surface area contributed by atoms with Crippen LogP contribution in [-0.4, -0.2) is 16.9 Å². The van der Waals surface area contributed by atoms with Crippen molar-refractivity contribution in [2.75, 3.05) is 0 Å². The van der Waals surface area contributed by atoms with Crippen LogP contribution in [-0.2, 0) is 15.0 Å². The molecular formula is C28H24Cl2O3. The van der Waals surface area contributed by atoms with Gasteiger partial charge in [-0.25, -0.2) is 0 Å². The number of carbonyl (C=O) groups excluding carboxylic acids is 1. The fourth-order valence-electron chi connectivity index (χ4n) is 3.72. The largest absolute Gasteiger partial charge is 0.481 e. The highest BCUT2D eigenvalue weighted by molar-refractivity contribution is 6.30. The zero-order chi connectivity index (χ0) is 23.7. The van der Waals surface area contributed by atoms with Crippen LogP contribution in [0.25, 0.3) is 12.2 Å². The van der Waals surface area contributed by atoms with Crippen LogP contribution in [0, 0.1) is 0 Å². The summed E-state index contributed by atoms with van der Waals surface area (Å²) >= 11 is 12.0. The van der Waals surface area contributed by atoms with E-state index in [1.54, 1.807) is 24.3 Å². The molecule has 0 amide bonds. The Balaban J connectivity index is 1.98. The monoisotopic (exact) mass is 478 g/mol. The van der Waals surface area contributed by atoms with E-state index in [-0.39, 0.29) is 18.6 Å². The summed E-state index contributed by atoms with van der Waals surface area (Å²) in [5.74, 6) is -1.09. The maximum Gasteiger partial charge on any atom is 0.303 e. The van der Waals surface area contributed by atoms with E-state index in [1.807, 2.05) is 72.8 Å². The number of rotatable bonds is 10. The molecule has 0 spiro atoms. The third kappa shape index (κ3) is 6.92. The fraction of sp³-hybridized carbons (Fsp3) is 0.143. The average molecular weight is 479 g/mol. The Morgan fingerprint density at radius 2 is 1.55 bits per heavy atom. The van der Waals surface area contributed by atoms with Gasteiger partial charge in [0, 0.05) is 16.5 Å². The number of benzene rings is 3. The van der Waals surface area contributed by atoms with Gasteiger partial charge in [0.05, 0.1) is 5.41 Å². The Morgan fingerprint density at radius 1 is 0.818 bits per heavy atom. The van der Waals surface area contributed by atoms with E-state index in [0.717, 1.165) is 16.7 Å². The molecule has 3 aromatic carbocycles. The van der Waals surface area contributed by atoms with Gasteiger partial charge in [-0.3, -0.25) is 9.59 Å². The summed E-state index contributed by atoms with van der Waals surface area (Å²) in [6.07, 6.45) is 7.48. The number of allylic oxidation sites excluding steroid dienone is 2. The Labute approximate surface area is 204 Å². The van der Waals surface area contributed by atoms with Crippen molar-refractivity contribution in [3.63, 3.8) is 0 Å². The van der Waals surface area contributed by atoms with Crippen LogP contribution >= 0.6 is 23.2 Å². The highest BCUT2D eigenvalue weighted by Crippen LogP contribution is 2.36. The molecule has 0 saturated carbocycles. The Bertz CT molecular complexity index is 1150. The number of hydrogen-bond acceptors (Lipinski definition) is 2. The zero-order valence-electron chi connectivity index (χ0n) is 18.0. The standard InChI is InChI=1S/C28H24Cl2O3/c29-24-14-11-21(12-15-24)13-16-26(31)28(19-17-27(32)33,23-8-2-1-3-9-23)18-5-7-22-6-4-10-25(30)20-22/h1-16,20H,17-19H2,(H,32,33). The number of carboxylic acid groups (broad SMARTS) is 1. The molecule has 3 aromatic rings.